The lowest BCUT2D eigenvalue weighted by Crippen LogP contribution is -2.27. The summed E-state index contributed by atoms with van der Waals surface area (Å²) in [5.41, 5.74) is 1.43. The van der Waals surface area contributed by atoms with Gasteiger partial charge in [0.05, 0.1) is 6.10 Å². The first-order valence-corrected chi connectivity index (χ1v) is 7.43. The van der Waals surface area contributed by atoms with Crippen molar-refractivity contribution in [2.24, 2.45) is 0 Å². The third-order valence-electron chi connectivity index (χ3n) is 3.30. The molecular weight excluding hydrogens is 230 g/mol. The fraction of sp³-hybridized carbons (Fsp3) is 0.571. The van der Waals surface area contributed by atoms with Crippen molar-refractivity contribution in [1.82, 2.24) is 5.32 Å². The first-order valence-electron chi connectivity index (χ1n) is 6.44. The molecule has 2 N–H and O–H groups in total. The molecule has 94 valence electrons. The molecule has 0 saturated carbocycles. The first-order chi connectivity index (χ1) is 8.31. The van der Waals surface area contributed by atoms with Crippen LogP contribution in [0, 0.1) is 0 Å². The molecule has 2 nitrogen and oxygen atoms in total. The van der Waals surface area contributed by atoms with E-state index >= 15 is 0 Å². The molecule has 0 amide bonds. The monoisotopic (exact) mass is 251 g/mol. The predicted octanol–water partition coefficient (Wildman–Crippen LogP) is 2.97. The maximum Gasteiger partial charge on any atom is 0.0549 e. The van der Waals surface area contributed by atoms with Gasteiger partial charge < -0.3 is 10.4 Å². The van der Waals surface area contributed by atoms with Crippen LogP contribution in [-0.2, 0) is 0 Å². The number of rotatable bonds is 5. The normalized spacial score (nSPS) is 20.9. The summed E-state index contributed by atoms with van der Waals surface area (Å²) in [6.45, 7) is 2.93. The van der Waals surface area contributed by atoms with Gasteiger partial charge in [-0.05, 0) is 43.2 Å². The summed E-state index contributed by atoms with van der Waals surface area (Å²) in [6.07, 6.45) is 2.72. The van der Waals surface area contributed by atoms with Crippen LogP contribution in [0.1, 0.15) is 37.8 Å². The average molecular weight is 251 g/mol. The third kappa shape index (κ3) is 3.47. The summed E-state index contributed by atoms with van der Waals surface area (Å²) in [5.74, 6) is 1.19. The van der Waals surface area contributed by atoms with Gasteiger partial charge >= 0.3 is 0 Å². The maximum atomic E-state index is 9.54. The molecule has 3 heteroatoms. The van der Waals surface area contributed by atoms with E-state index < -0.39 is 0 Å². The van der Waals surface area contributed by atoms with Crippen molar-refractivity contribution in [3.8, 4) is 0 Å². The van der Waals surface area contributed by atoms with Gasteiger partial charge in [0, 0.05) is 10.9 Å². The second-order valence-electron chi connectivity index (χ2n) is 4.53. The molecule has 0 bridgehead atoms. The Labute approximate surface area is 108 Å². The summed E-state index contributed by atoms with van der Waals surface area (Å²) < 4.78 is 0. The largest absolute Gasteiger partial charge is 0.393 e. The number of benzene rings is 1. The van der Waals surface area contributed by atoms with Gasteiger partial charge in [-0.15, -0.1) is 11.8 Å². The Bertz CT molecular complexity index is 356. The Hall–Kier alpha value is -0.510. The number of hydrogen-bond donors (Lipinski definition) is 2. The molecule has 0 aliphatic carbocycles. The van der Waals surface area contributed by atoms with Gasteiger partial charge in [0.25, 0.3) is 0 Å². The number of thioether (sulfide) groups is 1. The molecule has 0 radical (unpaired) electrons. The Morgan fingerprint density at radius 3 is 3.12 bits per heavy atom. The van der Waals surface area contributed by atoms with E-state index in [-0.39, 0.29) is 6.10 Å². The van der Waals surface area contributed by atoms with Crippen molar-refractivity contribution in [2.45, 2.75) is 43.2 Å². The van der Waals surface area contributed by atoms with Gasteiger partial charge in [0.1, 0.15) is 0 Å². The fourth-order valence-corrected chi connectivity index (χ4v) is 3.31. The van der Waals surface area contributed by atoms with Gasteiger partial charge in [-0.25, -0.2) is 0 Å². The molecule has 1 aliphatic rings. The van der Waals surface area contributed by atoms with E-state index in [9.17, 15) is 5.11 Å². The standard InChI is InChI=1S/C14H21NOS/c1-2-11(16)7-9-15-13-8-10-17-14-6-4-3-5-12(13)14/h3-6,11,13,15-16H,2,7-10H2,1H3. The van der Waals surface area contributed by atoms with E-state index in [1.165, 1.54) is 22.6 Å². The third-order valence-corrected chi connectivity index (χ3v) is 4.42. The SMILES string of the molecule is CCC(O)CCNC1CCSc2ccccc21. The van der Waals surface area contributed by atoms with Crippen LogP contribution in [0.25, 0.3) is 0 Å². The molecule has 2 unspecified atom stereocenters. The molecule has 2 atom stereocenters. The molecule has 0 fully saturated rings. The predicted molar refractivity (Wildman–Crippen MR) is 73.4 cm³/mol. The van der Waals surface area contributed by atoms with Crippen molar-refractivity contribution in [3.63, 3.8) is 0 Å². The van der Waals surface area contributed by atoms with Crippen molar-refractivity contribution in [3.05, 3.63) is 29.8 Å². The molecule has 0 spiro atoms. The number of aliphatic hydroxyl groups is 1. The smallest absolute Gasteiger partial charge is 0.0549 e. The molecule has 1 aromatic rings. The van der Waals surface area contributed by atoms with E-state index in [4.69, 9.17) is 0 Å². The summed E-state index contributed by atoms with van der Waals surface area (Å²) >= 11 is 1.95. The summed E-state index contributed by atoms with van der Waals surface area (Å²) in [6, 6.07) is 9.11. The Morgan fingerprint density at radius 1 is 1.47 bits per heavy atom. The molecule has 1 heterocycles. The molecule has 1 aliphatic heterocycles. The number of nitrogens with one attached hydrogen (secondary N) is 1. The summed E-state index contributed by atoms with van der Waals surface area (Å²) in [5, 5.41) is 13.1. The van der Waals surface area contributed by atoms with E-state index in [1.807, 2.05) is 18.7 Å². The van der Waals surface area contributed by atoms with Gasteiger partial charge in [-0.2, -0.15) is 0 Å². The van der Waals surface area contributed by atoms with Crippen LogP contribution >= 0.6 is 11.8 Å². The zero-order chi connectivity index (χ0) is 12.1. The average Bonchev–Trinajstić information content (AvgIpc) is 2.39. The lowest BCUT2D eigenvalue weighted by molar-refractivity contribution is 0.158. The molecular formula is C14H21NOS. The van der Waals surface area contributed by atoms with Crippen molar-refractivity contribution >= 4 is 11.8 Å². The van der Waals surface area contributed by atoms with Gasteiger partial charge in [0.2, 0.25) is 0 Å². The van der Waals surface area contributed by atoms with E-state index in [2.05, 4.69) is 29.6 Å². The summed E-state index contributed by atoms with van der Waals surface area (Å²) in [4.78, 5) is 1.41. The first kappa shape index (κ1) is 12.9. The van der Waals surface area contributed by atoms with Crippen molar-refractivity contribution in [1.29, 1.82) is 0 Å². The van der Waals surface area contributed by atoms with Crippen LogP contribution in [0.4, 0.5) is 0 Å². The van der Waals surface area contributed by atoms with Gasteiger partial charge in [-0.1, -0.05) is 25.1 Å². The highest BCUT2D eigenvalue weighted by Crippen LogP contribution is 2.35. The lowest BCUT2D eigenvalue weighted by atomic mass is 10.0. The zero-order valence-electron chi connectivity index (χ0n) is 10.4. The Balaban J connectivity index is 1.90. The van der Waals surface area contributed by atoms with Crippen LogP contribution < -0.4 is 5.32 Å². The van der Waals surface area contributed by atoms with Gasteiger partial charge in [0.15, 0.2) is 0 Å². The molecule has 0 aromatic heterocycles. The van der Waals surface area contributed by atoms with Crippen molar-refractivity contribution < 1.29 is 5.11 Å². The van der Waals surface area contributed by atoms with Gasteiger partial charge in [-0.3, -0.25) is 0 Å². The van der Waals surface area contributed by atoms with E-state index in [0.29, 0.717) is 6.04 Å². The minimum absolute atomic E-state index is 0.157. The Morgan fingerprint density at radius 2 is 2.29 bits per heavy atom. The van der Waals surface area contributed by atoms with E-state index in [1.54, 1.807) is 0 Å². The zero-order valence-corrected chi connectivity index (χ0v) is 11.2. The summed E-state index contributed by atoms with van der Waals surface area (Å²) in [7, 11) is 0. The Kier molecular flexibility index (Phi) is 4.89. The lowest BCUT2D eigenvalue weighted by Gasteiger charge is -2.26. The number of fused-ring (bicyclic) bond motifs is 1. The second kappa shape index (κ2) is 6.43. The van der Waals surface area contributed by atoms with Crippen molar-refractivity contribution in [2.75, 3.05) is 12.3 Å². The second-order valence-corrected chi connectivity index (χ2v) is 5.67. The van der Waals surface area contributed by atoms with Crippen LogP contribution in [-0.4, -0.2) is 23.5 Å². The fourth-order valence-electron chi connectivity index (χ4n) is 2.18. The molecule has 1 aromatic carbocycles. The number of aliphatic hydroxyl groups excluding tert-OH is 1. The number of hydrogen-bond acceptors (Lipinski definition) is 3. The topological polar surface area (TPSA) is 32.3 Å². The minimum Gasteiger partial charge on any atom is -0.393 e. The highest BCUT2D eigenvalue weighted by molar-refractivity contribution is 7.99. The van der Waals surface area contributed by atoms with E-state index in [0.717, 1.165) is 19.4 Å². The van der Waals surface area contributed by atoms with Crippen LogP contribution in [0.2, 0.25) is 0 Å². The molecule has 2 rings (SSSR count). The minimum atomic E-state index is -0.157. The van der Waals surface area contributed by atoms with Crippen LogP contribution in [0.3, 0.4) is 0 Å². The highest BCUT2D eigenvalue weighted by atomic mass is 32.2. The molecule has 17 heavy (non-hydrogen) atoms. The van der Waals surface area contributed by atoms with Crippen LogP contribution in [0.15, 0.2) is 29.2 Å². The molecule has 0 saturated heterocycles. The van der Waals surface area contributed by atoms with Crippen LogP contribution in [0.5, 0.6) is 0 Å². The quantitative estimate of drug-likeness (QED) is 0.844. The maximum absolute atomic E-state index is 9.54. The highest BCUT2D eigenvalue weighted by Gasteiger charge is 2.19.